The molecule has 1 aromatic rings. The molecule has 8 nitrogen and oxygen atoms in total. The molecular formula is C17H18N2O6. The highest BCUT2D eigenvalue weighted by atomic mass is 16.6. The third-order valence-electron chi connectivity index (χ3n) is 4.42. The number of hydrogen-bond acceptors (Lipinski definition) is 6. The van der Waals surface area contributed by atoms with Gasteiger partial charge in [0.25, 0.3) is 5.91 Å². The fraction of sp³-hybridized carbons (Fsp3) is 0.412. The van der Waals surface area contributed by atoms with Gasteiger partial charge in [-0.2, -0.15) is 0 Å². The Balaban J connectivity index is 1.75. The fourth-order valence-corrected chi connectivity index (χ4v) is 3.04. The van der Waals surface area contributed by atoms with Crippen LogP contribution in [0.1, 0.15) is 25.3 Å². The summed E-state index contributed by atoms with van der Waals surface area (Å²) in [6, 6.07) is 8.19. The van der Waals surface area contributed by atoms with Gasteiger partial charge in [-0.25, -0.2) is 9.59 Å². The predicted octanol–water partition coefficient (Wildman–Crippen LogP) is 0.702. The molecule has 0 radical (unpaired) electrons. The summed E-state index contributed by atoms with van der Waals surface area (Å²) in [5.41, 5.74) is -0.559. The third-order valence-corrected chi connectivity index (χ3v) is 4.42. The van der Waals surface area contributed by atoms with Crippen molar-refractivity contribution in [2.24, 2.45) is 0 Å². The fourth-order valence-electron chi connectivity index (χ4n) is 3.04. The summed E-state index contributed by atoms with van der Waals surface area (Å²) in [6.45, 7) is 1.41. The van der Waals surface area contributed by atoms with Gasteiger partial charge in [-0.05, 0) is 12.0 Å². The number of ether oxygens (including phenoxy) is 2. The molecule has 132 valence electrons. The van der Waals surface area contributed by atoms with E-state index in [0.29, 0.717) is 12.0 Å². The maximum absolute atomic E-state index is 12.8. The molecule has 3 rings (SSSR count). The lowest BCUT2D eigenvalue weighted by molar-refractivity contribution is -0.161. The second-order valence-corrected chi connectivity index (χ2v) is 5.88. The molecule has 0 aromatic heterocycles. The molecule has 0 unspecified atom stereocenters. The van der Waals surface area contributed by atoms with E-state index in [0.717, 1.165) is 4.90 Å². The van der Waals surface area contributed by atoms with E-state index in [2.05, 4.69) is 5.32 Å². The van der Waals surface area contributed by atoms with Gasteiger partial charge >= 0.3 is 18.0 Å². The minimum atomic E-state index is -1.20. The summed E-state index contributed by atoms with van der Waals surface area (Å²) in [5.74, 6) is -1.96. The number of amides is 3. The molecule has 0 spiro atoms. The van der Waals surface area contributed by atoms with Crippen molar-refractivity contribution in [2.75, 3.05) is 13.2 Å². The van der Waals surface area contributed by atoms with Gasteiger partial charge in [0.05, 0.1) is 6.61 Å². The number of hydrogen-bond donors (Lipinski definition) is 1. The minimum Gasteiger partial charge on any atom is -0.463 e. The molecule has 1 aromatic carbocycles. The van der Waals surface area contributed by atoms with Crippen molar-refractivity contribution in [3.8, 4) is 0 Å². The summed E-state index contributed by atoms with van der Waals surface area (Å²) in [7, 11) is 0. The molecule has 25 heavy (non-hydrogen) atoms. The monoisotopic (exact) mass is 346 g/mol. The van der Waals surface area contributed by atoms with Gasteiger partial charge in [0.2, 0.25) is 6.10 Å². The number of esters is 2. The predicted molar refractivity (Wildman–Crippen MR) is 84.1 cm³/mol. The van der Waals surface area contributed by atoms with Crippen molar-refractivity contribution in [1.82, 2.24) is 10.2 Å². The summed E-state index contributed by atoms with van der Waals surface area (Å²) in [4.78, 5) is 49.3. The first-order valence-electron chi connectivity index (χ1n) is 8.03. The van der Waals surface area contributed by atoms with Crippen LogP contribution in [0.4, 0.5) is 4.79 Å². The maximum Gasteiger partial charge on any atom is 0.347 e. The van der Waals surface area contributed by atoms with Crippen LogP contribution in [0.5, 0.6) is 0 Å². The zero-order chi connectivity index (χ0) is 18.0. The number of cyclic esters (lactones) is 1. The smallest absolute Gasteiger partial charge is 0.347 e. The Morgan fingerprint density at radius 1 is 1.32 bits per heavy atom. The van der Waals surface area contributed by atoms with Crippen molar-refractivity contribution < 1.29 is 28.7 Å². The van der Waals surface area contributed by atoms with Gasteiger partial charge < -0.3 is 14.8 Å². The van der Waals surface area contributed by atoms with Gasteiger partial charge in [-0.3, -0.25) is 14.5 Å². The van der Waals surface area contributed by atoms with Crippen molar-refractivity contribution >= 4 is 23.9 Å². The number of nitrogens with zero attached hydrogens (tertiary/aromatic N) is 1. The number of imide groups is 1. The second-order valence-electron chi connectivity index (χ2n) is 5.88. The number of nitrogens with one attached hydrogen (secondary N) is 1. The Hall–Kier alpha value is -2.90. The molecule has 2 aliphatic heterocycles. The van der Waals surface area contributed by atoms with Gasteiger partial charge in [-0.1, -0.05) is 37.3 Å². The SMILES string of the molecule is CC[C@@]1(c2ccccc2)NC(=O)N(CC(=O)O[C@H]2CCOC2=O)C1=O. The molecule has 3 amide bonds. The standard InChI is InChI=1S/C17H18N2O6/c1-2-17(11-6-4-3-5-7-11)15(22)19(16(23)18-17)10-13(20)25-12-8-9-24-14(12)21/h3-7,12H,2,8-10H2,1H3,(H,18,23)/t12-,17-/m0/s1. The van der Waals surface area contributed by atoms with Crippen molar-refractivity contribution in [1.29, 1.82) is 0 Å². The van der Waals surface area contributed by atoms with Crippen LogP contribution in [0.25, 0.3) is 0 Å². The van der Waals surface area contributed by atoms with E-state index in [1.54, 1.807) is 31.2 Å². The Morgan fingerprint density at radius 2 is 2.04 bits per heavy atom. The zero-order valence-corrected chi connectivity index (χ0v) is 13.7. The van der Waals surface area contributed by atoms with Gasteiger partial charge in [0, 0.05) is 6.42 Å². The molecule has 0 bridgehead atoms. The number of rotatable bonds is 5. The lowest BCUT2D eigenvalue weighted by Crippen LogP contribution is -2.44. The number of urea groups is 1. The molecular weight excluding hydrogens is 328 g/mol. The van der Waals surface area contributed by atoms with Crippen LogP contribution in [0.2, 0.25) is 0 Å². The minimum absolute atomic E-state index is 0.187. The number of carbonyl (C=O) groups is 4. The highest BCUT2D eigenvalue weighted by Gasteiger charge is 2.51. The van der Waals surface area contributed by atoms with Crippen molar-refractivity contribution in [2.45, 2.75) is 31.4 Å². The van der Waals surface area contributed by atoms with Crippen molar-refractivity contribution in [3.05, 3.63) is 35.9 Å². The van der Waals surface area contributed by atoms with Crippen LogP contribution < -0.4 is 5.32 Å². The summed E-state index contributed by atoms with van der Waals surface area (Å²) < 4.78 is 9.71. The molecule has 0 saturated carbocycles. The average molecular weight is 346 g/mol. The highest BCUT2D eigenvalue weighted by Crippen LogP contribution is 2.32. The molecule has 8 heteroatoms. The second kappa shape index (κ2) is 6.54. The Labute approximate surface area is 144 Å². The molecule has 2 saturated heterocycles. The highest BCUT2D eigenvalue weighted by molar-refractivity contribution is 6.09. The number of benzene rings is 1. The average Bonchev–Trinajstić information content (AvgIpc) is 3.12. The molecule has 1 N–H and O–H groups in total. The zero-order valence-electron chi connectivity index (χ0n) is 13.7. The van der Waals surface area contributed by atoms with Crippen LogP contribution in [-0.2, 0) is 29.4 Å². The lowest BCUT2D eigenvalue weighted by atomic mass is 9.87. The van der Waals surface area contributed by atoms with E-state index in [1.165, 1.54) is 0 Å². The Kier molecular flexibility index (Phi) is 4.43. The van der Waals surface area contributed by atoms with E-state index in [1.807, 2.05) is 6.07 Å². The summed E-state index contributed by atoms with van der Waals surface area (Å²) in [6.07, 6.45) is -0.367. The van der Waals surface area contributed by atoms with Crippen LogP contribution in [0.3, 0.4) is 0 Å². The van der Waals surface area contributed by atoms with Gasteiger partial charge in [0.1, 0.15) is 12.1 Å². The largest absolute Gasteiger partial charge is 0.463 e. The van der Waals surface area contributed by atoms with Crippen LogP contribution in [-0.4, -0.2) is 48.0 Å². The van der Waals surface area contributed by atoms with E-state index in [4.69, 9.17) is 9.47 Å². The normalized spacial score (nSPS) is 25.7. The number of carbonyl (C=O) groups excluding carboxylic acids is 4. The van der Waals surface area contributed by atoms with E-state index in [9.17, 15) is 19.2 Å². The molecule has 2 heterocycles. The quantitative estimate of drug-likeness (QED) is 0.622. The third kappa shape index (κ3) is 2.95. The summed E-state index contributed by atoms with van der Waals surface area (Å²) in [5, 5.41) is 2.68. The first-order valence-corrected chi connectivity index (χ1v) is 8.03. The van der Waals surface area contributed by atoms with Gasteiger partial charge in [0.15, 0.2) is 0 Å². The van der Waals surface area contributed by atoms with Crippen LogP contribution in [0, 0.1) is 0 Å². The summed E-state index contributed by atoms with van der Waals surface area (Å²) >= 11 is 0. The van der Waals surface area contributed by atoms with Crippen LogP contribution >= 0.6 is 0 Å². The molecule has 2 fully saturated rings. The van der Waals surface area contributed by atoms with Crippen molar-refractivity contribution in [3.63, 3.8) is 0 Å². The molecule has 0 aliphatic carbocycles. The lowest BCUT2D eigenvalue weighted by Gasteiger charge is -2.25. The molecule has 2 aliphatic rings. The maximum atomic E-state index is 12.8. The van der Waals surface area contributed by atoms with E-state index >= 15 is 0 Å². The topological polar surface area (TPSA) is 102 Å². The molecule has 2 atom stereocenters. The Morgan fingerprint density at radius 3 is 2.64 bits per heavy atom. The Bertz CT molecular complexity index is 719. The van der Waals surface area contributed by atoms with E-state index in [-0.39, 0.29) is 13.0 Å². The first-order chi connectivity index (χ1) is 12.0. The first kappa shape index (κ1) is 16.9. The van der Waals surface area contributed by atoms with E-state index < -0.39 is 42.1 Å². The van der Waals surface area contributed by atoms with Crippen LogP contribution in [0.15, 0.2) is 30.3 Å². The van der Waals surface area contributed by atoms with Gasteiger partial charge in [-0.15, -0.1) is 0 Å².